The summed E-state index contributed by atoms with van der Waals surface area (Å²) in [7, 11) is 1.30. The number of halogens is 1. The molecule has 1 heterocycles. The number of hydrogen-bond acceptors (Lipinski definition) is 6. The fourth-order valence-electron chi connectivity index (χ4n) is 5.06. The lowest BCUT2D eigenvalue weighted by molar-refractivity contribution is -0.136. The van der Waals surface area contributed by atoms with Gasteiger partial charge in [-0.1, -0.05) is 23.7 Å². The largest absolute Gasteiger partial charge is 0.481 e. The van der Waals surface area contributed by atoms with E-state index in [2.05, 4.69) is 15.6 Å². The summed E-state index contributed by atoms with van der Waals surface area (Å²) < 4.78 is 10.2. The van der Waals surface area contributed by atoms with Gasteiger partial charge in [0.1, 0.15) is 11.3 Å². The maximum absolute atomic E-state index is 13.2. The average molecular weight is 570 g/mol. The third kappa shape index (κ3) is 6.74. The van der Waals surface area contributed by atoms with Gasteiger partial charge >= 0.3 is 18.0 Å². The fourth-order valence-corrected chi connectivity index (χ4v) is 5.30. The minimum Gasteiger partial charge on any atom is -0.481 e. The van der Waals surface area contributed by atoms with Crippen LogP contribution >= 0.6 is 11.6 Å². The predicted molar refractivity (Wildman–Crippen MR) is 150 cm³/mol. The van der Waals surface area contributed by atoms with Gasteiger partial charge in [0, 0.05) is 34.6 Å². The topological polar surface area (TPSA) is 147 Å². The molecule has 4 N–H and O–H groups in total. The molecule has 3 aromatic rings. The van der Waals surface area contributed by atoms with Crippen molar-refractivity contribution in [3.05, 3.63) is 63.3 Å². The van der Waals surface area contributed by atoms with E-state index >= 15 is 0 Å². The van der Waals surface area contributed by atoms with E-state index in [0.29, 0.717) is 45.9 Å². The van der Waals surface area contributed by atoms with E-state index in [1.54, 1.807) is 45.0 Å². The van der Waals surface area contributed by atoms with Gasteiger partial charge in [-0.15, -0.1) is 0 Å². The number of H-pyrrole nitrogens is 1. The van der Waals surface area contributed by atoms with Gasteiger partial charge in [-0.2, -0.15) is 0 Å². The van der Waals surface area contributed by atoms with Crippen LogP contribution in [-0.2, 0) is 38.4 Å². The molecule has 2 aromatic carbocycles. The van der Waals surface area contributed by atoms with Crippen LogP contribution in [0.15, 0.2) is 30.3 Å². The van der Waals surface area contributed by atoms with Crippen LogP contribution in [0.2, 0.25) is 5.02 Å². The number of aromatic amines is 1. The number of esters is 1. The number of carboxylic acid groups (broad SMARTS) is 1. The Bertz CT molecular complexity index is 1490. The van der Waals surface area contributed by atoms with Gasteiger partial charge in [0.05, 0.1) is 13.5 Å². The van der Waals surface area contributed by atoms with Gasteiger partial charge < -0.3 is 30.2 Å². The average Bonchev–Trinajstić information content (AvgIpc) is 3.24. The summed E-state index contributed by atoms with van der Waals surface area (Å²) >= 11 is 6.27. The first-order valence-electron chi connectivity index (χ1n) is 12.9. The molecule has 1 aromatic heterocycles. The van der Waals surface area contributed by atoms with Gasteiger partial charge in [-0.3, -0.25) is 9.59 Å². The van der Waals surface area contributed by atoms with E-state index in [-0.39, 0.29) is 31.2 Å². The Morgan fingerprint density at radius 1 is 1.15 bits per heavy atom. The van der Waals surface area contributed by atoms with Crippen LogP contribution in [0, 0.1) is 0 Å². The highest BCUT2D eigenvalue weighted by Gasteiger charge is 2.31. The first-order valence-corrected chi connectivity index (χ1v) is 13.2. The molecule has 10 nitrogen and oxygen atoms in total. The van der Waals surface area contributed by atoms with Crippen molar-refractivity contribution in [2.24, 2.45) is 0 Å². The SMILES string of the molecule is COC(=O)c1[nH]c2cc(Cl)cc3c2c1C(CC(=O)Nc1ccc(CNC(=O)OC(C)(C)C)cc1CC(=O)O)CC3. The molecule has 0 spiro atoms. The van der Waals surface area contributed by atoms with E-state index in [1.165, 1.54) is 7.11 Å². The number of hydrogen-bond donors (Lipinski definition) is 4. The van der Waals surface area contributed by atoms with Crippen molar-refractivity contribution < 1.29 is 33.8 Å². The highest BCUT2D eigenvalue weighted by molar-refractivity contribution is 6.31. The summed E-state index contributed by atoms with van der Waals surface area (Å²) in [5.74, 6) is -2.18. The highest BCUT2D eigenvalue weighted by Crippen LogP contribution is 2.42. The van der Waals surface area contributed by atoms with Crippen LogP contribution in [0.5, 0.6) is 0 Å². The normalized spacial score (nSPS) is 14.5. The number of aliphatic carboxylic acids is 1. The predicted octanol–water partition coefficient (Wildman–Crippen LogP) is 5.32. The van der Waals surface area contributed by atoms with E-state index in [9.17, 15) is 24.3 Å². The lowest BCUT2D eigenvalue weighted by Crippen LogP contribution is -2.32. The van der Waals surface area contributed by atoms with Gasteiger partial charge in [0.25, 0.3) is 0 Å². The Morgan fingerprint density at radius 2 is 1.90 bits per heavy atom. The molecule has 1 aliphatic rings. The summed E-state index contributed by atoms with van der Waals surface area (Å²) in [5.41, 5.74) is 3.50. The standard InChI is InChI=1S/C29H32ClN3O7/c1-29(2,3)40-28(38)31-14-15-5-8-20(18(9-15)12-23(35)36)32-22(34)11-17-7-6-16-10-19(30)13-21-24(16)25(17)26(33-21)27(37)39-4/h5,8-10,13,17,33H,6-7,11-12,14H2,1-4H3,(H,31,38)(H,32,34)(H,35,36). The molecule has 0 fully saturated rings. The van der Waals surface area contributed by atoms with E-state index in [4.69, 9.17) is 21.1 Å². The number of carboxylic acids is 1. The summed E-state index contributed by atoms with van der Waals surface area (Å²) in [4.78, 5) is 52.5. The lowest BCUT2D eigenvalue weighted by atomic mass is 9.81. The van der Waals surface area contributed by atoms with Crippen molar-refractivity contribution in [1.29, 1.82) is 0 Å². The van der Waals surface area contributed by atoms with Gasteiger partial charge in [0.2, 0.25) is 5.91 Å². The minimum absolute atomic E-state index is 0.0769. The molecule has 1 atom stereocenters. The molecule has 0 saturated heterocycles. The number of methoxy groups -OCH3 is 1. The summed E-state index contributed by atoms with van der Waals surface area (Å²) in [6, 6.07) is 8.57. The van der Waals surface area contributed by atoms with Crippen LogP contribution < -0.4 is 10.6 Å². The van der Waals surface area contributed by atoms with Crippen LogP contribution in [0.1, 0.15) is 72.3 Å². The number of alkyl carbamates (subject to hydrolysis) is 1. The van der Waals surface area contributed by atoms with Crippen LogP contribution in [0.25, 0.3) is 10.9 Å². The maximum atomic E-state index is 13.2. The van der Waals surface area contributed by atoms with E-state index < -0.39 is 23.6 Å². The van der Waals surface area contributed by atoms with Crippen molar-refractivity contribution in [2.75, 3.05) is 12.4 Å². The zero-order valence-corrected chi connectivity index (χ0v) is 23.5. The second kappa shape index (κ2) is 11.6. The number of nitrogens with one attached hydrogen (secondary N) is 3. The first-order chi connectivity index (χ1) is 18.8. The Kier molecular flexibility index (Phi) is 8.39. The molecule has 4 rings (SSSR count). The number of carbonyl (C=O) groups excluding carboxylic acids is 3. The summed E-state index contributed by atoms with van der Waals surface area (Å²) in [6.45, 7) is 5.39. The summed E-state index contributed by atoms with van der Waals surface area (Å²) in [5, 5.41) is 16.4. The number of aromatic nitrogens is 1. The molecule has 1 unspecified atom stereocenters. The Labute approximate surface area is 236 Å². The Hall–Kier alpha value is -4.05. The molecular formula is C29H32ClN3O7. The number of ether oxygens (including phenoxy) is 2. The molecule has 0 aliphatic heterocycles. The molecule has 0 radical (unpaired) electrons. The third-order valence-corrected chi connectivity index (χ3v) is 6.81. The fraction of sp³-hybridized carbons (Fsp3) is 0.379. The molecule has 0 saturated carbocycles. The molecule has 0 bridgehead atoms. The zero-order valence-electron chi connectivity index (χ0n) is 22.8. The molecule has 1 aliphatic carbocycles. The highest BCUT2D eigenvalue weighted by atomic mass is 35.5. The van der Waals surface area contributed by atoms with Crippen LogP contribution in [0.4, 0.5) is 10.5 Å². The molecule has 40 heavy (non-hydrogen) atoms. The van der Waals surface area contributed by atoms with Gasteiger partial charge in [-0.25, -0.2) is 9.59 Å². The number of carbonyl (C=O) groups is 4. The van der Waals surface area contributed by atoms with Crippen molar-refractivity contribution >= 4 is 52.1 Å². The Balaban J connectivity index is 1.53. The molecule has 11 heteroatoms. The van der Waals surface area contributed by atoms with Gasteiger partial charge in [-0.05, 0) is 80.0 Å². The third-order valence-electron chi connectivity index (χ3n) is 6.60. The minimum atomic E-state index is -1.06. The van der Waals surface area contributed by atoms with Crippen molar-refractivity contribution in [3.8, 4) is 0 Å². The number of rotatable bonds is 8. The molecule has 212 valence electrons. The van der Waals surface area contributed by atoms with E-state index in [1.807, 2.05) is 6.07 Å². The van der Waals surface area contributed by atoms with Crippen molar-refractivity contribution in [3.63, 3.8) is 0 Å². The smallest absolute Gasteiger partial charge is 0.407 e. The lowest BCUT2D eigenvalue weighted by Gasteiger charge is -2.24. The van der Waals surface area contributed by atoms with Crippen molar-refractivity contribution in [1.82, 2.24) is 10.3 Å². The van der Waals surface area contributed by atoms with Gasteiger partial charge in [0.15, 0.2) is 0 Å². The molecular weight excluding hydrogens is 538 g/mol. The zero-order chi connectivity index (χ0) is 29.2. The Morgan fingerprint density at radius 3 is 2.58 bits per heavy atom. The number of aryl methyl sites for hydroxylation is 1. The quantitative estimate of drug-likeness (QED) is 0.268. The number of anilines is 1. The molecule has 2 amide bonds. The second-order valence-electron chi connectivity index (χ2n) is 10.8. The number of benzene rings is 2. The van der Waals surface area contributed by atoms with E-state index in [0.717, 1.165) is 16.5 Å². The maximum Gasteiger partial charge on any atom is 0.407 e. The number of amides is 2. The second-order valence-corrected chi connectivity index (χ2v) is 11.2. The van der Waals surface area contributed by atoms with Crippen LogP contribution in [0.3, 0.4) is 0 Å². The summed E-state index contributed by atoms with van der Waals surface area (Å²) in [6.07, 6.45) is 0.469. The first kappa shape index (κ1) is 28.9. The monoisotopic (exact) mass is 569 g/mol. The van der Waals surface area contributed by atoms with Crippen LogP contribution in [-0.4, -0.2) is 46.7 Å². The van der Waals surface area contributed by atoms with Crippen molar-refractivity contribution in [2.45, 2.75) is 64.5 Å².